The van der Waals surface area contributed by atoms with Gasteiger partial charge >= 0.3 is 0 Å². The average Bonchev–Trinajstić information content (AvgIpc) is 3.40. The molecule has 0 radical (unpaired) electrons. The summed E-state index contributed by atoms with van der Waals surface area (Å²) in [6, 6.07) is 25.0. The molecule has 1 saturated heterocycles. The minimum absolute atomic E-state index is 0.00219. The van der Waals surface area contributed by atoms with Crippen LogP contribution in [0.5, 0.6) is 0 Å². The van der Waals surface area contributed by atoms with Crippen molar-refractivity contribution in [2.45, 2.75) is 43.7 Å². The Balaban J connectivity index is 1.30. The van der Waals surface area contributed by atoms with Gasteiger partial charge in [-0.05, 0) is 28.8 Å². The molecular formula is C30H32N4O4S. The number of nitrogens with one attached hydrogen (secondary N) is 1. The van der Waals surface area contributed by atoms with Crippen molar-refractivity contribution in [3.05, 3.63) is 113 Å². The van der Waals surface area contributed by atoms with Crippen LogP contribution >= 0.6 is 11.8 Å². The lowest BCUT2D eigenvalue weighted by Crippen LogP contribution is -2.38. The van der Waals surface area contributed by atoms with Crippen LogP contribution in [0.3, 0.4) is 0 Å². The van der Waals surface area contributed by atoms with E-state index in [1.807, 2.05) is 78.3 Å². The van der Waals surface area contributed by atoms with Gasteiger partial charge in [0.25, 0.3) is 5.91 Å². The van der Waals surface area contributed by atoms with Crippen molar-refractivity contribution in [2.75, 3.05) is 5.75 Å². The van der Waals surface area contributed by atoms with Crippen LogP contribution in [0, 0.1) is 5.92 Å². The smallest absolute Gasteiger partial charge is 0.251 e. The first-order chi connectivity index (χ1) is 19.0. The quantitative estimate of drug-likeness (QED) is 0.292. The van der Waals surface area contributed by atoms with Crippen molar-refractivity contribution in [3.8, 4) is 0 Å². The molecule has 9 heteroatoms. The van der Waals surface area contributed by atoms with Crippen molar-refractivity contribution in [1.82, 2.24) is 20.1 Å². The van der Waals surface area contributed by atoms with E-state index in [9.17, 15) is 9.90 Å². The molecule has 8 nitrogen and oxygen atoms in total. The lowest BCUT2D eigenvalue weighted by Gasteiger charge is -2.41. The number of rotatable bonds is 9. The number of thioether (sulfide) groups is 1. The van der Waals surface area contributed by atoms with E-state index < -0.39 is 6.29 Å². The first kappa shape index (κ1) is 27.1. The maximum absolute atomic E-state index is 12.4. The van der Waals surface area contributed by atoms with Gasteiger partial charge in [-0.3, -0.25) is 4.79 Å². The summed E-state index contributed by atoms with van der Waals surface area (Å²) < 4.78 is 14.9. The Hall–Kier alpha value is -3.50. The topological polar surface area (TPSA) is 98.5 Å². The van der Waals surface area contributed by atoms with Crippen molar-refractivity contribution >= 4 is 17.7 Å². The standard InChI is InChI=1S/C30H32N4O4S/c1-20-26(18-39-30-33-32-19-34(30)2)37-29(38-27(20)23-12-10-22(17-35)11-13-23)25-14-8-21(9-15-25)16-31-28(36)24-6-4-3-5-7-24/h3-15,19-20,26-27,29,35H,16-18H2,1-2H3,(H,31,36)/t20-,26+,27+,29+/m1/s1. The van der Waals surface area contributed by atoms with Gasteiger partial charge in [0.15, 0.2) is 11.4 Å². The normalized spacial score (nSPS) is 21.0. The Morgan fingerprint density at radius 3 is 2.33 bits per heavy atom. The Morgan fingerprint density at radius 2 is 1.67 bits per heavy atom. The number of ether oxygens (including phenoxy) is 2. The molecule has 2 heterocycles. The van der Waals surface area contributed by atoms with Gasteiger partial charge in [0.1, 0.15) is 6.33 Å². The van der Waals surface area contributed by atoms with Gasteiger partial charge in [-0.1, -0.05) is 85.4 Å². The zero-order valence-electron chi connectivity index (χ0n) is 21.9. The molecule has 2 N–H and O–H groups in total. The predicted molar refractivity (Wildman–Crippen MR) is 149 cm³/mol. The summed E-state index contributed by atoms with van der Waals surface area (Å²) in [6.07, 6.45) is 0.848. The van der Waals surface area contributed by atoms with E-state index in [2.05, 4.69) is 22.4 Å². The maximum Gasteiger partial charge on any atom is 0.251 e. The summed E-state index contributed by atoms with van der Waals surface area (Å²) in [6.45, 7) is 2.57. The van der Waals surface area contributed by atoms with Gasteiger partial charge in [0, 0.05) is 36.4 Å². The molecule has 0 bridgehead atoms. The van der Waals surface area contributed by atoms with Crippen LogP contribution in [-0.4, -0.2) is 37.6 Å². The van der Waals surface area contributed by atoms with E-state index in [1.165, 1.54) is 0 Å². The maximum atomic E-state index is 12.4. The summed E-state index contributed by atoms with van der Waals surface area (Å²) in [5, 5.41) is 21.4. The lowest BCUT2D eigenvalue weighted by molar-refractivity contribution is -0.268. The van der Waals surface area contributed by atoms with E-state index in [4.69, 9.17) is 9.47 Å². The average molecular weight is 545 g/mol. The van der Waals surface area contributed by atoms with Crippen LogP contribution < -0.4 is 5.32 Å². The first-order valence-electron chi connectivity index (χ1n) is 12.9. The number of aromatic nitrogens is 3. The molecule has 4 atom stereocenters. The minimum atomic E-state index is -0.554. The number of carbonyl (C=O) groups is 1. The van der Waals surface area contributed by atoms with Crippen molar-refractivity contribution in [1.29, 1.82) is 0 Å². The third-order valence-electron chi connectivity index (χ3n) is 6.91. The zero-order chi connectivity index (χ0) is 27.2. The summed E-state index contributed by atoms with van der Waals surface area (Å²) in [5.41, 5.74) is 4.43. The molecule has 202 valence electrons. The van der Waals surface area contributed by atoms with Crippen LogP contribution in [0.25, 0.3) is 0 Å². The van der Waals surface area contributed by atoms with Crippen LogP contribution in [0.4, 0.5) is 0 Å². The van der Waals surface area contributed by atoms with Crippen LogP contribution in [0.15, 0.2) is 90.3 Å². The first-order valence-corrected chi connectivity index (χ1v) is 13.9. The highest BCUT2D eigenvalue weighted by molar-refractivity contribution is 7.99. The van der Waals surface area contributed by atoms with Crippen LogP contribution in [0.1, 0.15) is 51.9 Å². The highest BCUT2D eigenvalue weighted by Crippen LogP contribution is 2.42. The van der Waals surface area contributed by atoms with Crippen LogP contribution in [-0.2, 0) is 29.7 Å². The number of nitrogens with zero attached hydrogens (tertiary/aromatic N) is 3. The number of carbonyl (C=O) groups excluding carboxylic acids is 1. The van der Waals surface area contributed by atoms with Crippen LogP contribution in [0.2, 0.25) is 0 Å². The van der Waals surface area contributed by atoms with E-state index in [0.29, 0.717) is 17.9 Å². The van der Waals surface area contributed by atoms with E-state index in [-0.39, 0.29) is 30.6 Å². The minimum Gasteiger partial charge on any atom is -0.392 e. The number of hydrogen-bond acceptors (Lipinski definition) is 7. The van der Waals surface area contributed by atoms with E-state index in [1.54, 1.807) is 30.2 Å². The molecule has 0 saturated carbocycles. The fourth-order valence-corrected chi connectivity index (χ4v) is 5.59. The second kappa shape index (κ2) is 12.6. The SMILES string of the molecule is C[C@@H]1[C@H](CSc2nncn2C)O[C@H](c2ccc(CNC(=O)c3ccccc3)cc2)O[C@@H]1c1ccc(CO)cc1. The molecule has 0 unspecified atom stereocenters. The molecule has 0 spiro atoms. The Kier molecular flexibility index (Phi) is 8.73. The number of aliphatic hydroxyl groups excluding tert-OH is 1. The molecule has 39 heavy (non-hydrogen) atoms. The molecule has 1 aliphatic rings. The van der Waals surface area contributed by atoms with Gasteiger partial charge in [0.2, 0.25) is 0 Å². The third kappa shape index (κ3) is 6.57. The Labute approximate surface area is 232 Å². The number of aryl methyl sites for hydroxylation is 1. The molecule has 4 aromatic rings. The summed E-state index contributed by atoms with van der Waals surface area (Å²) in [5.74, 6) is 0.669. The monoisotopic (exact) mass is 544 g/mol. The summed E-state index contributed by atoms with van der Waals surface area (Å²) >= 11 is 1.61. The molecular weight excluding hydrogens is 512 g/mol. The lowest BCUT2D eigenvalue weighted by atomic mass is 9.91. The van der Waals surface area contributed by atoms with Crippen molar-refractivity contribution in [2.24, 2.45) is 13.0 Å². The third-order valence-corrected chi connectivity index (χ3v) is 8.03. The summed E-state index contributed by atoms with van der Waals surface area (Å²) in [4.78, 5) is 12.4. The Morgan fingerprint density at radius 1 is 0.974 bits per heavy atom. The fraction of sp³-hybridized carbons (Fsp3) is 0.300. The number of aliphatic hydroxyl groups is 1. The molecule has 1 aliphatic heterocycles. The van der Waals surface area contributed by atoms with E-state index >= 15 is 0 Å². The molecule has 1 fully saturated rings. The predicted octanol–water partition coefficient (Wildman–Crippen LogP) is 4.82. The highest BCUT2D eigenvalue weighted by Gasteiger charge is 2.38. The number of amides is 1. The van der Waals surface area contributed by atoms with E-state index in [0.717, 1.165) is 27.4 Å². The Bertz CT molecular complexity index is 1360. The van der Waals surface area contributed by atoms with Gasteiger partial charge in [0.05, 0.1) is 18.8 Å². The number of benzene rings is 3. The second-order valence-corrected chi connectivity index (χ2v) is 10.6. The van der Waals surface area contributed by atoms with Gasteiger partial charge in [-0.15, -0.1) is 10.2 Å². The van der Waals surface area contributed by atoms with Gasteiger partial charge in [-0.25, -0.2) is 0 Å². The molecule has 1 aromatic heterocycles. The fourth-order valence-electron chi connectivity index (χ4n) is 4.54. The summed E-state index contributed by atoms with van der Waals surface area (Å²) in [7, 11) is 1.93. The van der Waals surface area contributed by atoms with Crippen molar-refractivity contribution < 1.29 is 19.4 Å². The molecule has 5 rings (SSSR count). The molecule has 3 aromatic carbocycles. The van der Waals surface area contributed by atoms with Gasteiger partial charge < -0.3 is 24.5 Å². The molecule has 1 amide bonds. The molecule has 0 aliphatic carbocycles. The van der Waals surface area contributed by atoms with Gasteiger partial charge in [-0.2, -0.15) is 0 Å². The van der Waals surface area contributed by atoms with Crippen molar-refractivity contribution in [3.63, 3.8) is 0 Å². The second-order valence-electron chi connectivity index (χ2n) is 9.65. The highest BCUT2D eigenvalue weighted by atomic mass is 32.2. The number of hydrogen-bond donors (Lipinski definition) is 2. The zero-order valence-corrected chi connectivity index (χ0v) is 22.8. The largest absolute Gasteiger partial charge is 0.392 e.